The summed E-state index contributed by atoms with van der Waals surface area (Å²) in [6.07, 6.45) is 3.12. The molecule has 4 amide bonds. The number of hydrogen-bond acceptors (Lipinski definition) is 6. The van der Waals surface area contributed by atoms with Crippen molar-refractivity contribution >= 4 is 35.0 Å². The highest BCUT2D eigenvalue weighted by Crippen LogP contribution is 2.36. The minimum atomic E-state index is -0.744. The number of rotatable bonds is 5. The van der Waals surface area contributed by atoms with E-state index < -0.39 is 12.1 Å². The molecular formula is C34H39N5O4S. The summed E-state index contributed by atoms with van der Waals surface area (Å²) >= 11 is 1.55. The first kappa shape index (κ1) is 30.0. The fourth-order valence-electron chi connectivity index (χ4n) is 6.94. The maximum Gasteiger partial charge on any atom is 0.245 e. The monoisotopic (exact) mass is 613 g/mol. The summed E-state index contributed by atoms with van der Waals surface area (Å²) in [6.45, 7) is 3.34. The average molecular weight is 614 g/mol. The van der Waals surface area contributed by atoms with Crippen molar-refractivity contribution < 1.29 is 19.2 Å². The smallest absolute Gasteiger partial charge is 0.245 e. The maximum absolute atomic E-state index is 14.3. The molecule has 0 spiro atoms. The SMILES string of the molecule is C[C@H]1NC(=O)CCC[C@H]2[C@@H]3C[C@@H](CN(C(=O)Cc4csc(-c5ccccc5)n4)C3)CN2C(=O)[C@H](Cc2ccccc2)NC1=O. The lowest BCUT2D eigenvalue weighted by atomic mass is 9.77. The fourth-order valence-corrected chi connectivity index (χ4v) is 7.77. The van der Waals surface area contributed by atoms with E-state index in [4.69, 9.17) is 4.98 Å². The second-order valence-electron chi connectivity index (χ2n) is 12.3. The van der Waals surface area contributed by atoms with E-state index in [1.807, 2.05) is 75.8 Å². The summed E-state index contributed by atoms with van der Waals surface area (Å²) in [7, 11) is 0. The van der Waals surface area contributed by atoms with Gasteiger partial charge in [0, 0.05) is 49.5 Å². The van der Waals surface area contributed by atoms with Gasteiger partial charge in [-0.2, -0.15) is 0 Å². The normalized spacial score (nSPS) is 26.1. The molecule has 2 aromatic carbocycles. The van der Waals surface area contributed by atoms with Gasteiger partial charge < -0.3 is 20.4 Å². The van der Waals surface area contributed by atoms with E-state index in [9.17, 15) is 19.2 Å². The Labute approximate surface area is 262 Å². The van der Waals surface area contributed by atoms with E-state index in [2.05, 4.69) is 10.6 Å². The summed E-state index contributed by atoms with van der Waals surface area (Å²) in [5, 5.41) is 8.61. The number of fused-ring (bicyclic) bond motifs is 4. The van der Waals surface area contributed by atoms with Crippen molar-refractivity contribution in [3.05, 3.63) is 77.3 Å². The van der Waals surface area contributed by atoms with Crippen LogP contribution >= 0.6 is 11.3 Å². The zero-order valence-electron chi connectivity index (χ0n) is 25.0. The Bertz CT molecular complexity index is 1500. The van der Waals surface area contributed by atoms with Crippen molar-refractivity contribution in [3.63, 3.8) is 0 Å². The lowest BCUT2D eigenvalue weighted by molar-refractivity contribution is -0.148. The minimum absolute atomic E-state index is 0.0557. The van der Waals surface area contributed by atoms with E-state index in [1.165, 1.54) is 0 Å². The van der Waals surface area contributed by atoms with Crippen LogP contribution in [-0.4, -0.2) is 76.2 Å². The molecule has 3 aliphatic heterocycles. The number of aromatic nitrogens is 1. The van der Waals surface area contributed by atoms with Gasteiger partial charge in [-0.15, -0.1) is 11.3 Å². The van der Waals surface area contributed by atoms with Crippen LogP contribution in [0.4, 0.5) is 0 Å². The molecule has 230 valence electrons. The quantitative estimate of drug-likeness (QED) is 0.458. The molecule has 1 aromatic heterocycles. The first-order valence-corrected chi connectivity index (χ1v) is 16.4. The summed E-state index contributed by atoms with van der Waals surface area (Å²) in [5.74, 6) is -0.314. The van der Waals surface area contributed by atoms with E-state index in [-0.39, 0.29) is 54.3 Å². The Hall–Kier alpha value is -4.05. The van der Waals surface area contributed by atoms with E-state index in [0.717, 1.165) is 28.2 Å². The number of thiazole rings is 1. The molecule has 0 radical (unpaired) electrons. The number of nitrogens with zero attached hydrogens (tertiary/aromatic N) is 3. The number of nitrogens with one attached hydrogen (secondary N) is 2. The van der Waals surface area contributed by atoms with Gasteiger partial charge in [-0.05, 0) is 43.6 Å². The molecule has 10 heteroatoms. The Balaban J connectivity index is 1.19. The molecule has 3 fully saturated rings. The van der Waals surface area contributed by atoms with Crippen LogP contribution in [0.2, 0.25) is 0 Å². The summed E-state index contributed by atoms with van der Waals surface area (Å²) in [6, 6.07) is 18.1. The van der Waals surface area contributed by atoms with Crippen molar-refractivity contribution in [2.45, 2.75) is 63.6 Å². The third-order valence-corrected chi connectivity index (χ3v) is 10.0. The van der Waals surface area contributed by atoms with Gasteiger partial charge in [-0.1, -0.05) is 60.7 Å². The van der Waals surface area contributed by atoms with E-state index >= 15 is 0 Å². The molecule has 3 saturated heterocycles. The van der Waals surface area contributed by atoms with Gasteiger partial charge in [0.25, 0.3) is 0 Å². The molecule has 9 nitrogen and oxygen atoms in total. The second kappa shape index (κ2) is 13.3. The third-order valence-electron chi connectivity index (χ3n) is 9.08. The zero-order valence-corrected chi connectivity index (χ0v) is 25.8. The van der Waals surface area contributed by atoms with Gasteiger partial charge in [0.1, 0.15) is 17.1 Å². The molecule has 5 atom stereocenters. The third kappa shape index (κ3) is 6.85. The number of carbonyl (C=O) groups excluding carboxylic acids is 4. The molecule has 3 aromatic rings. The molecule has 0 aliphatic carbocycles. The minimum Gasteiger partial charge on any atom is -0.345 e. The summed E-state index contributed by atoms with van der Waals surface area (Å²) < 4.78 is 0. The molecule has 0 unspecified atom stereocenters. The van der Waals surface area contributed by atoms with Crippen LogP contribution in [0, 0.1) is 11.8 Å². The Morgan fingerprint density at radius 3 is 2.50 bits per heavy atom. The van der Waals surface area contributed by atoms with Crippen LogP contribution in [0.15, 0.2) is 66.0 Å². The van der Waals surface area contributed by atoms with Gasteiger partial charge in [0.15, 0.2) is 0 Å². The van der Waals surface area contributed by atoms with E-state index in [1.54, 1.807) is 18.3 Å². The standard InChI is InChI=1S/C34H39N5O4S/c1-22-32(42)37-28(16-23-9-4-2-5-10-23)34(43)39-19-24-15-26(29(39)13-8-14-30(40)35-22)20-38(18-24)31(41)17-27-21-44-33(36-27)25-11-6-3-7-12-25/h2-7,9-12,21-22,24,26,28-29H,8,13-20H2,1H3,(H,35,40)(H,37,42)/t22-,24+,26-,28+,29+/m1/s1. The largest absolute Gasteiger partial charge is 0.345 e. The number of hydrogen-bond donors (Lipinski definition) is 2. The van der Waals surface area contributed by atoms with Crippen LogP contribution in [0.3, 0.4) is 0 Å². The Morgan fingerprint density at radius 1 is 0.977 bits per heavy atom. The number of piperidine rings is 2. The number of amides is 4. The summed E-state index contributed by atoms with van der Waals surface area (Å²) in [4.78, 5) is 62.2. The van der Waals surface area contributed by atoms with Crippen LogP contribution in [0.5, 0.6) is 0 Å². The van der Waals surface area contributed by atoms with E-state index in [0.29, 0.717) is 38.9 Å². The molecule has 6 rings (SSSR count). The van der Waals surface area contributed by atoms with Crippen molar-refractivity contribution in [1.29, 1.82) is 0 Å². The summed E-state index contributed by atoms with van der Waals surface area (Å²) in [5.41, 5.74) is 2.77. The predicted octanol–water partition coefficient (Wildman–Crippen LogP) is 3.44. The topological polar surface area (TPSA) is 112 Å². The maximum atomic E-state index is 14.3. The first-order valence-electron chi connectivity index (χ1n) is 15.6. The molecule has 2 N–H and O–H groups in total. The zero-order chi connectivity index (χ0) is 30.6. The van der Waals surface area contributed by atoms with Crippen LogP contribution < -0.4 is 10.6 Å². The van der Waals surface area contributed by atoms with Crippen LogP contribution in [-0.2, 0) is 32.0 Å². The number of likely N-dealkylation sites (tertiary alicyclic amines) is 1. The van der Waals surface area contributed by atoms with Gasteiger partial charge in [-0.3, -0.25) is 19.2 Å². The molecule has 44 heavy (non-hydrogen) atoms. The highest BCUT2D eigenvalue weighted by molar-refractivity contribution is 7.13. The van der Waals surface area contributed by atoms with Crippen molar-refractivity contribution in [3.8, 4) is 10.6 Å². The lowest BCUT2D eigenvalue weighted by Crippen LogP contribution is -2.64. The molecule has 2 bridgehead atoms. The highest BCUT2D eigenvalue weighted by atomic mass is 32.1. The highest BCUT2D eigenvalue weighted by Gasteiger charge is 2.45. The van der Waals surface area contributed by atoms with Gasteiger partial charge in [0.05, 0.1) is 12.1 Å². The predicted molar refractivity (Wildman–Crippen MR) is 168 cm³/mol. The Kier molecular flexibility index (Phi) is 9.07. The fraction of sp³-hybridized carbons (Fsp3) is 0.441. The molecular weight excluding hydrogens is 574 g/mol. The number of benzene rings is 2. The van der Waals surface area contributed by atoms with Crippen molar-refractivity contribution in [2.24, 2.45) is 11.8 Å². The lowest BCUT2D eigenvalue weighted by Gasteiger charge is -2.51. The molecule has 3 aliphatic rings. The van der Waals surface area contributed by atoms with Crippen LogP contribution in [0.1, 0.15) is 43.9 Å². The van der Waals surface area contributed by atoms with Crippen molar-refractivity contribution in [2.75, 3.05) is 19.6 Å². The second-order valence-corrected chi connectivity index (χ2v) is 13.2. The van der Waals surface area contributed by atoms with Gasteiger partial charge >= 0.3 is 0 Å². The first-order chi connectivity index (χ1) is 21.3. The van der Waals surface area contributed by atoms with Crippen molar-refractivity contribution in [1.82, 2.24) is 25.4 Å². The average Bonchev–Trinajstić information content (AvgIpc) is 3.50. The van der Waals surface area contributed by atoms with Gasteiger partial charge in [-0.25, -0.2) is 4.98 Å². The van der Waals surface area contributed by atoms with Gasteiger partial charge in [0.2, 0.25) is 23.6 Å². The van der Waals surface area contributed by atoms with Crippen LogP contribution in [0.25, 0.3) is 10.6 Å². The Morgan fingerprint density at radius 2 is 1.73 bits per heavy atom. The molecule has 0 saturated carbocycles. The molecule has 4 heterocycles. The number of carbonyl (C=O) groups is 4.